The molecule has 168 valence electrons. The number of carbonyl (C=O) groups is 1. The van der Waals surface area contributed by atoms with Crippen LogP contribution >= 0.6 is 0 Å². The fourth-order valence-corrected chi connectivity index (χ4v) is 3.43. The molecule has 33 heavy (non-hydrogen) atoms. The summed E-state index contributed by atoms with van der Waals surface area (Å²) >= 11 is 0. The first-order chi connectivity index (χ1) is 15.8. The minimum absolute atomic E-state index is 0.0266. The van der Waals surface area contributed by atoms with Gasteiger partial charge in [0.2, 0.25) is 0 Å². The molecular weight excluding hydrogens is 419 g/mol. The maximum Gasteiger partial charge on any atom is 0.254 e. The molecule has 1 amide bonds. The van der Waals surface area contributed by atoms with E-state index in [2.05, 4.69) is 15.5 Å². The number of nitrogens with zero attached hydrogens (tertiary/aromatic N) is 3. The first kappa shape index (κ1) is 22.3. The minimum Gasteiger partial charge on any atom is -0.356 e. The molecule has 0 aliphatic carbocycles. The van der Waals surface area contributed by atoms with Crippen molar-refractivity contribution in [3.8, 4) is 22.6 Å². The zero-order chi connectivity index (χ0) is 23.5. The molecule has 0 saturated carbocycles. The number of nitrogens with one attached hydrogen (secondary N) is 1. The number of amides is 1. The summed E-state index contributed by atoms with van der Waals surface area (Å²) in [6.07, 6.45) is 1.78. The molecule has 0 unspecified atom stereocenters. The van der Waals surface area contributed by atoms with E-state index in [1.807, 2.05) is 52.0 Å². The Hall–Kier alpha value is -3.87. The smallest absolute Gasteiger partial charge is 0.254 e. The van der Waals surface area contributed by atoms with Crippen molar-refractivity contribution < 1.29 is 13.7 Å². The summed E-state index contributed by atoms with van der Waals surface area (Å²) in [6.45, 7) is 8.23. The van der Waals surface area contributed by atoms with Crippen LogP contribution in [0.1, 0.15) is 52.8 Å². The van der Waals surface area contributed by atoms with E-state index in [1.54, 1.807) is 18.3 Å². The molecule has 2 aromatic carbocycles. The van der Waals surface area contributed by atoms with Crippen molar-refractivity contribution in [1.82, 2.24) is 20.4 Å². The largest absolute Gasteiger partial charge is 0.356 e. The Morgan fingerprint density at radius 3 is 2.45 bits per heavy atom. The van der Waals surface area contributed by atoms with Crippen LogP contribution < -0.4 is 5.32 Å². The molecule has 0 bridgehead atoms. The minimum atomic E-state index is -0.541. The highest BCUT2D eigenvalue weighted by atomic mass is 19.1. The topological polar surface area (TPSA) is 80.9 Å². The van der Waals surface area contributed by atoms with E-state index in [0.717, 1.165) is 39.5 Å². The molecule has 0 aliphatic rings. The third-order valence-corrected chi connectivity index (χ3v) is 5.52. The third kappa shape index (κ3) is 4.67. The van der Waals surface area contributed by atoms with Gasteiger partial charge in [0.1, 0.15) is 11.6 Å². The molecule has 1 N–H and O–H groups in total. The van der Waals surface area contributed by atoms with Gasteiger partial charge in [-0.15, -0.1) is 0 Å². The second kappa shape index (κ2) is 9.32. The Morgan fingerprint density at radius 1 is 1.09 bits per heavy atom. The van der Waals surface area contributed by atoms with Crippen molar-refractivity contribution in [1.29, 1.82) is 0 Å². The normalized spacial score (nSPS) is 11.1. The van der Waals surface area contributed by atoms with E-state index in [4.69, 9.17) is 9.51 Å². The molecule has 0 saturated heterocycles. The summed E-state index contributed by atoms with van der Waals surface area (Å²) < 4.78 is 19.4. The number of aryl methyl sites for hydroxylation is 1. The van der Waals surface area contributed by atoms with Gasteiger partial charge in [0, 0.05) is 29.8 Å². The second-order valence-corrected chi connectivity index (χ2v) is 8.23. The van der Waals surface area contributed by atoms with Crippen molar-refractivity contribution in [2.75, 3.05) is 0 Å². The lowest BCUT2D eigenvalue weighted by molar-refractivity contribution is 0.0947. The third-order valence-electron chi connectivity index (χ3n) is 5.52. The summed E-state index contributed by atoms with van der Waals surface area (Å²) in [4.78, 5) is 21.6. The molecule has 4 rings (SSSR count). The molecule has 0 spiro atoms. The summed E-state index contributed by atoms with van der Waals surface area (Å²) in [6, 6.07) is 13.6. The van der Waals surface area contributed by atoms with Crippen LogP contribution in [0.4, 0.5) is 4.39 Å². The highest BCUT2D eigenvalue weighted by Crippen LogP contribution is 2.34. The SMILES string of the molecule is Cc1noc(-c2cnc(C(C)C)nc2-c2ccc(CNC(=O)c3ccccc3F)cc2)c1C. The summed E-state index contributed by atoms with van der Waals surface area (Å²) in [5.41, 5.74) is 5.11. The van der Waals surface area contributed by atoms with Gasteiger partial charge >= 0.3 is 0 Å². The van der Waals surface area contributed by atoms with E-state index in [1.165, 1.54) is 12.1 Å². The zero-order valence-corrected chi connectivity index (χ0v) is 19.0. The molecule has 4 aromatic rings. The van der Waals surface area contributed by atoms with Crippen LogP contribution in [0.5, 0.6) is 0 Å². The van der Waals surface area contributed by atoms with Gasteiger partial charge < -0.3 is 9.84 Å². The molecule has 0 fully saturated rings. The average molecular weight is 445 g/mol. The fraction of sp³-hybridized carbons (Fsp3) is 0.231. The zero-order valence-electron chi connectivity index (χ0n) is 19.0. The van der Waals surface area contributed by atoms with Crippen LogP contribution in [-0.4, -0.2) is 21.0 Å². The monoisotopic (exact) mass is 444 g/mol. The standard InChI is InChI=1S/C26H25FN4O2/c1-15(2)25-28-14-21(24-16(3)17(4)31-33-24)23(30-25)19-11-9-18(10-12-19)13-29-26(32)20-7-5-6-8-22(20)27/h5-12,14-15H,13H2,1-4H3,(H,29,32). The van der Waals surface area contributed by atoms with Crippen molar-refractivity contribution in [3.63, 3.8) is 0 Å². The number of carbonyl (C=O) groups excluding carboxylic acids is 1. The maximum absolute atomic E-state index is 13.8. The Kier molecular flexibility index (Phi) is 6.31. The van der Waals surface area contributed by atoms with Crippen LogP contribution in [0, 0.1) is 19.7 Å². The number of aromatic nitrogens is 3. The molecule has 0 aliphatic heterocycles. The highest BCUT2D eigenvalue weighted by molar-refractivity contribution is 5.94. The Morgan fingerprint density at radius 2 is 1.82 bits per heavy atom. The van der Waals surface area contributed by atoms with E-state index >= 15 is 0 Å². The van der Waals surface area contributed by atoms with Gasteiger partial charge in [0.25, 0.3) is 5.91 Å². The molecule has 7 heteroatoms. The van der Waals surface area contributed by atoms with E-state index in [-0.39, 0.29) is 18.0 Å². The van der Waals surface area contributed by atoms with Crippen molar-refractivity contribution in [2.45, 2.75) is 40.2 Å². The number of rotatable bonds is 6. The lowest BCUT2D eigenvalue weighted by Crippen LogP contribution is -2.23. The van der Waals surface area contributed by atoms with E-state index < -0.39 is 11.7 Å². The Bertz CT molecular complexity index is 1300. The number of hydrogen-bond donors (Lipinski definition) is 1. The number of benzene rings is 2. The molecule has 0 atom stereocenters. The van der Waals surface area contributed by atoms with Gasteiger partial charge in [-0.05, 0) is 31.5 Å². The number of hydrogen-bond acceptors (Lipinski definition) is 5. The fourth-order valence-electron chi connectivity index (χ4n) is 3.43. The molecular formula is C26H25FN4O2. The lowest BCUT2D eigenvalue weighted by atomic mass is 10.0. The molecule has 2 aromatic heterocycles. The predicted octanol–water partition coefficient (Wildman–Crippen LogP) is 5.61. The maximum atomic E-state index is 13.8. The quantitative estimate of drug-likeness (QED) is 0.418. The van der Waals surface area contributed by atoms with E-state index in [9.17, 15) is 9.18 Å². The average Bonchev–Trinajstić information content (AvgIpc) is 3.15. The van der Waals surface area contributed by atoms with Crippen molar-refractivity contribution in [2.24, 2.45) is 0 Å². The van der Waals surface area contributed by atoms with Gasteiger partial charge in [-0.2, -0.15) is 0 Å². The van der Waals surface area contributed by atoms with Gasteiger partial charge in [-0.1, -0.05) is 55.4 Å². The van der Waals surface area contributed by atoms with Crippen LogP contribution in [-0.2, 0) is 6.54 Å². The van der Waals surface area contributed by atoms with Crippen LogP contribution in [0.3, 0.4) is 0 Å². The van der Waals surface area contributed by atoms with Gasteiger partial charge in [0.05, 0.1) is 22.5 Å². The first-order valence-electron chi connectivity index (χ1n) is 10.8. The lowest BCUT2D eigenvalue weighted by Gasteiger charge is -2.12. The van der Waals surface area contributed by atoms with Crippen molar-refractivity contribution in [3.05, 3.63) is 88.8 Å². The molecule has 0 radical (unpaired) electrons. The second-order valence-electron chi connectivity index (χ2n) is 8.23. The van der Waals surface area contributed by atoms with Gasteiger partial charge in [0.15, 0.2) is 5.76 Å². The summed E-state index contributed by atoms with van der Waals surface area (Å²) in [7, 11) is 0. The predicted molar refractivity (Wildman–Crippen MR) is 124 cm³/mol. The molecule has 6 nitrogen and oxygen atoms in total. The van der Waals surface area contributed by atoms with Crippen molar-refractivity contribution >= 4 is 5.91 Å². The Balaban J connectivity index is 1.60. The van der Waals surface area contributed by atoms with Crippen LogP contribution in [0.15, 0.2) is 59.3 Å². The first-order valence-corrected chi connectivity index (χ1v) is 10.8. The van der Waals surface area contributed by atoms with Crippen LogP contribution in [0.25, 0.3) is 22.6 Å². The van der Waals surface area contributed by atoms with E-state index in [0.29, 0.717) is 5.76 Å². The number of halogens is 1. The van der Waals surface area contributed by atoms with Gasteiger partial charge in [-0.25, -0.2) is 14.4 Å². The summed E-state index contributed by atoms with van der Waals surface area (Å²) in [5, 5.41) is 6.83. The Labute approximate surface area is 191 Å². The van der Waals surface area contributed by atoms with Crippen LogP contribution in [0.2, 0.25) is 0 Å². The highest BCUT2D eigenvalue weighted by Gasteiger charge is 2.19. The van der Waals surface area contributed by atoms with Gasteiger partial charge in [-0.3, -0.25) is 4.79 Å². The summed E-state index contributed by atoms with van der Waals surface area (Å²) in [5.74, 6) is 0.569. The molecule has 2 heterocycles.